The Bertz CT molecular complexity index is 632. The number of amides is 1. The maximum absolute atomic E-state index is 11.7. The molecular weight excluding hydrogens is 292 g/mol. The second kappa shape index (κ2) is 7.03. The normalized spacial score (nSPS) is 10.5. The summed E-state index contributed by atoms with van der Waals surface area (Å²) in [7, 11) is 0. The molecule has 2 N–H and O–H groups in total. The van der Waals surface area contributed by atoms with Crippen LogP contribution in [0.4, 0.5) is 0 Å². The lowest BCUT2D eigenvalue weighted by atomic mass is 10.2. The van der Waals surface area contributed by atoms with Crippen molar-refractivity contribution in [3.05, 3.63) is 39.7 Å². The molecule has 0 aliphatic carbocycles. The number of carboxylic acids is 1. The Morgan fingerprint density at radius 1 is 1.43 bits per heavy atom. The van der Waals surface area contributed by atoms with Crippen LogP contribution in [0.2, 0.25) is 0 Å². The standard InChI is InChI=1S/C14H16N2O4S/c1-9-8-21-12(16-9)4-2-3-5-15-13(17)11-6-10(7-20-11)14(18)19/h6-8H,2-5H2,1H3,(H,15,17)(H,18,19). The summed E-state index contributed by atoms with van der Waals surface area (Å²) in [5.41, 5.74) is 1.01. The second-order valence-corrected chi connectivity index (χ2v) is 5.54. The number of aromatic nitrogens is 1. The molecule has 2 aromatic heterocycles. The highest BCUT2D eigenvalue weighted by molar-refractivity contribution is 7.09. The van der Waals surface area contributed by atoms with Gasteiger partial charge in [-0.25, -0.2) is 9.78 Å². The minimum absolute atomic E-state index is 0.0166. The molecule has 21 heavy (non-hydrogen) atoms. The first-order valence-corrected chi connectivity index (χ1v) is 7.45. The van der Waals surface area contributed by atoms with E-state index in [0.29, 0.717) is 6.54 Å². The fourth-order valence-corrected chi connectivity index (χ4v) is 2.59. The molecule has 112 valence electrons. The van der Waals surface area contributed by atoms with E-state index in [2.05, 4.69) is 10.3 Å². The van der Waals surface area contributed by atoms with Crippen LogP contribution in [0.15, 0.2) is 22.1 Å². The quantitative estimate of drug-likeness (QED) is 0.767. The van der Waals surface area contributed by atoms with Crippen molar-refractivity contribution >= 4 is 23.2 Å². The summed E-state index contributed by atoms with van der Waals surface area (Å²) >= 11 is 1.65. The fourth-order valence-electron chi connectivity index (χ4n) is 1.78. The molecule has 0 saturated carbocycles. The van der Waals surface area contributed by atoms with Crippen molar-refractivity contribution in [1.82, 2.24) is 10.3 Å². The monoisotopic (exact) mass is 308 g/mol. The molecule has 1 amide bonds. The molecule has 0 aliphatic rings. The SMILES string of the molecule is Cc1csc(CCCCNC(=O)c2cc(C(=O)O)co2)n1. The van der Waals surface area contributed by atoms with E-state index in [1.807, 2.05) is 12.3 Å². The van der Waals surface area contributed by atoms with E-state index in [0.717, 1.165) is 36.2 Å². The van der Waals surface area contributed by atoms with E-state index in [1.165, 1.54) is 6.07 Å². The first-order valence-electron chi connectivity index (χ1n) is 6.57. The molecule has 0 radical (unpaired) electrons. The van der Waals surface area contributed by atoms with Gasteiger partial charge in [-0.2, -0.15) is 0 Å². The summed E-state index contributed by atoms with van der Waals surface area (Å²) in [5.74, 6) is -1.49. The van der Waals surface area contributed by atoms with Crippen LogP contribution < -0.4 is 5.32 Å². The number of carboxylic acid groups (broad SMARTS) is 1. The van der Waals surface area contributed by atoms with Gasteiger partial charge in [-0.15, -0.1) is 11.3 Å². The molecule has 6 nitrogen and oxygen atoms in total. The molecule has 0 fully saturated rings. The van der Waals surface area contributed by atoms with Gasteiger partial charge in [0.25, 0.3) is 5.91 Å². The van der Waals surface area contributed by atoms with Gasteiger partial charge in [-0.05, 0) is 26.2 Å². The number of carbonyl (C=O) groups is 2. The summed E-state index contributed by atoms with van der Waals surface area (Å²) in [6.07, 6.45) is 3.73. The number of nitrogens with zero attached hydrogens (tertiary/aromatic N) is 1. The minimum Gasteiger partial charge on any atom is -0.478 e. The molecule has 2 aromatic rings. The largest absolute Gasteiger partial charge is 0.478 e. The van der Waals surface area contributed by atoms with Crippen LogP contribution in [0.3, 0.4) is 0 Å². The van der Waals surface area contributed by atoms with E-state index in [9.17, 15) is 9.59 Å². The zero-order valence-electron chi connectivity index (χ0n) is 11.6. The van der Waals surface area contributed by atoms with Crippen molar-refractivity contribution in [3.8, 4) is 0 Å². The zero-order valence-corrected chi connectivity index (χ0v) is 12.4. The van der Waals surface area contributed by atoms with Crippen LogP contribution in [0.25, 0.3) is 0 Å². The van der Waals surface area contributed by atoms with Crippen molar-refractivity contribution in [1.29, 1.82) is 0 Å². The summed E-state index contributed by atoms with van der Waals surface area (Å²) in [6, 6.07) is 1.22. The number of hydrogen-bond acceptors (Lipinski definition) is 5. The number of unbranched alkanes of at least 4 members (excludes halogenated alkanes) is 1. The Labute approximate surface area is 125 Å². The van der Waals surface area contributed by atoms with Gasteiger partial charge in [0.05, 0.1) is 10.6 Å². The van der Waals surface area contributed by atoms with Crippen LogP contribution in [0.5, 0.6) is 0 Å². The van der Waals surface area contributed by atoms with E-state index >= 15 is 0 Å². The number of hydrogen-bond donors (Lipinski definition) is 2. The first kappa shape index (κ1) is 15.2. The molecule has 0 aliphatic heterocycles. The van der Waals surface area contributed by atoms with Crippen molar-refractivity contribution in [3.63, 3.8) is 0 Å². The van der Waals surface area contributed by atoms with E-state index in [4.69, 9.17) is 9.52 Å². The molecule has 2 rings (SSSR count). The Morgan fingerprint density at radius 2 is 2.24 bits per heavy atom. The number of rotatable bonds is 7. The van der Waals surface area contributed by atoms with E-state index in [-0.39, 0.29) is 11.3 Å². The molecular formula is C14H16N2O4S. The van der Waals surface area contributed by atoms with Crippen LogP contribution in [-0.2, 0) is 6.42 Å². The highest BCUT2D eigenvalue weighted by atomic mass is 32.1. The maximum Gasteiger partial charge on any atom is 0.338 e. The van der Waals surface area contributed by atoms with Gasteiger partial charge >= 0.3 is 5.97 Å². The average molecular weight is 308 g/mol. The minimum atomic E-state index is -1.11. The van der Waals surface area contributed by atoms with E-state index < -0.39 is 11.9 Å². The van der Waals surface area contributed by atoms with Crippen LogP contribution >= 0.6 is 11.3 Å². The molecule has 0 unspecified atom stereocenters. The Balaban J connectivity index is 1.68. The van der Waals surface area contributed by atoms with Gasteiger partial charge in [-0.1, -0.05) is 0 Å². The number of carbonyl (C=O) groups excluding carboxylic acids is 1. The maximum atomic E-state index is 11.7. The number of aromatic carboxylic acids is 1. The van der Waals surface area contributed by atoms with Gasteiger partial charge in [0, 0.05) is 23.7 Å². The number of furan rings is 1. The fraction of sp³-hybridized carbons (Fsp3) is 0.357. The Kier molecular flexibility index (Phi) is 5.10. The zero-order chi connectivity index (χ0) is 15.2. The lowest BCUT2D eigenvalue weighted by molar-refractivity contribution is 0.0696. The molecule has 0 spiro atoms. The van der Waals surface area contributed by atoms with Gasteiger partial charge in [0.15, 0.2) is 5.76 Å². The first-order chi connectivity index (χ1) is 10.1. The highest BCUT2D eigenvalue weighted by Crippen LogP contribution is 2.11. The highest BCUT2D eigenvalue weighted by Gasteiger charge is 2.13. The van der Waals surface area contributed by atoms with Crippen LogP contribution in [0.1, 0.15) is 44.5 Å². The summed E-state index contributed by atoms with van der Waals surface area (Å²) in [6.45, 7) is 2.49. The van der Waals surface area contributed by atoms with Crippen molar-refractivity contribution < 1.29 is 19.1 Å². The second-order valence-electron chi connectivity index (χ2n) is 4.60. The summed E-state index contributed by atoms with van der Waals surface area (Å²) in [5, 5.41) is 14.6. The molecule has 0 bridgehead atoms. The third-order valence-electron chi connectivity index (χ3n) is 2.84. The smallest absolute Gasteiger partial charge is 0.338 e. The molecule has 7 heteroatoms. The lowest BCUT2D eigenvalue weighted by Gasteiger charge is -2.02. The summed E-state index contributed by atoms with van der Waals surface area (Å²) < 4.78 is 4.92. The van der Waals surface area contributed by atoms with Gasteiger partial charge in [-0.3, -0.25) is 4.79 Å². The van der Waals surface area contributed by atoms with Crippen molar-refractivity contribution in [2.75, 3.05) is 6.54 Å². The van der Waals surface area contributed by atoms with E-state index in [1.54, 1.807) is 11.3 Å². The van der Waals surface area contributed by atoms with Gasteiger partial charge in [0.1, 0.15) is 6.26 Å². The summed E-state index contributed by atoms with van der Waals surface area (Å²) in [4.78, 5) is 26.8. The number of thiazole rings is 1. The van der Waals surface area contributed by atoms with Gasteiger partial charge < -0.3 is 14.8 Å². The number of aryl methyl sites for hydroxylation is 2. The lowest BCUT2D eigenvalue weighted by Crippen LogP contribution is -2.24. The number of nitrogens with one attached hydrogen (secondary N) is 1. The van der Waals surface area contributed by atoms with Crippen molar-refractivity contribution in [2.24, 2.45) is 0 Å². The third-order valence-corrected chi connectivity index (χ3v) is 3.87. The Morgan fingerprint density at radius 3 is 2.86 bits per heavy atom. The van der Waals surface area contributed by atoms with Crippen molar-refractivity contribution in [2.45, 2.75) is 26.2 Å². The molecule has 0 saturated heterocycles. The molecule has 2 heterocycles. The third kappa shape index (κ3) is 4.42. The van der Waals surface area contributed by atoms with Crippen LogP contribution in [0, 0.1) is 6.92 Å². The van der Waals surface area contributed by atoms with Gasteiger partial charge in [0.2, 0.25) is 0 Å². The average Bonchev–Trinajstić information content (AvgIpc) is 3.07. The molecule has 0 aromatic carbocycles. The predicted octanol–water partition coefficient (Wildman–Crippen LogP) is 2.50. The Hall–Kier alpha value is -2.15. The molecule has 0 atom stereocenters. The predicted molar refractivity (Wildman–Crippen MR) is 77.8 cm³/mol. The van der Waals surface area contributed by atoms with Crippen LogP contribution in [-0.4, -0.2) is 28.5 Å². The topological polar surface area (TPSA) is 92.4 Å².